The lowest BCUT2D eigenvalue weighted by Gasteiger charge is -2.41. The fraction of sp³-hybridized carbons (Fsp3) is 0.833. The van der Waals surface area contributed by atoms with Gasteiger partial charge in [0.05, 0.1) is 0 Å². The summed E-state index contributed by atoms with van der Waals surface area (Å²) in [5, 5.41) is 0. The molecule has 0 radical (unpaired) electrons. The number of hydrogen-bond donors (Lipinski definition) is 0. The Morgan fingerprint density at radius 2 is 1.12 bits per heavy atom. The molecular formula is C24H38F2. The lowest BCUT2D eigenvalue weighted by atomic mass is 9.65. The maximum Gasteiger partial charge on any atom is 0.266 e. The Balaban J connectivity index is 1.34. The second-order valence-electron chi connectivity index (χ2n) is 9.44. The first-order valence-electron chi connectivity index (χ1n) is 11.3. The minimum atomic E-state index is -1.51. The largest absolute Gasteiger partial charge is 0.266 e. The van der Waals surface area contributed by atoms with Gasteiger partial charge in [0, 0.05) is 0 Å². The Morgan fingerprint density at radius 3 is 1.54 bits per heavy atom. The van der Waals surface area contributed by atoms with Crippen molar-refractivity contribution < 1.29 is 8.78 Å². The van der Waals surface area contributed by atoms with Gasteiger partial charge < -0.3 is 0 Å². The van der Waals surface area contributed by atoms with E-state index >= 15 is 0 Å². The number of allylic oxidation sites excluding steroid dienone is 2. The summed E-state index contributed by atoms with van der Waals surface area (Å²) in [5.74, 6) is 5.35. The monoisotopic (exact) mass is 364 g/mol. The van der Waals surface area contributed by atoms with Crippen molar-refractivity contribution in [1.82, 2.24) is 0 Å². The van der Waals surface area contributed by atoms with E-state index in [9.17, 15) is 8.78 Å². The zero-order chi connectivity index (χ0) is 18.4. The molecule has 2 heteroatoms. The molecule has 0 aromatic heterocycles. The van der Waals surface area contributed by atoms with Gasteiger partial charge in [0.1, 0.15) is 0 Å². The van der Waals surface area contributed by atoms with Crippen molar-refractivity contribution in [2.45, 2.75) is 89.9 Å². The molecule has 3 aliphatic carbocycles. The predicted octanol–water partition coefficient (Wildman–Crippen LogP) is 8.15. The molecular weight excluding hydrogens is 326 g/mol. The fourth-order valence-electron chi connectivity index (χ4n) is 6.32. The molecule has 0 aliphatic heterocycles. The van der Waals surface area contributed by atoms with Crippen molar-refractivity contribution >= 4 is 0 Å². The van der Waals surface area contributed by atoms with E-state index < -0.39 is 6.08 Å². The smallest absolute Gasteiger partial charge is 0.174 e. The highest BCUT2D eigenvalue weighted by Gasteiger charge is 2.34. The van der Waals surface area contributed by atoms with Crippen LogP contribution in [0.1, 0.15) is 89.9 Å². The van der Waals surface area contributed by atoms with Crippen LogP contribution in [0.2, 0.25) is 0 Å². The van der Waals surface area contributed by atoms with Gasteiger partial charge in [0.25, 0.3) is 6.08 Å². The normalized spacial score (nSPS) is 38.5. The van der Waals surface area contributed by atoms with Gasteiger partial charge in [0.2, 0.25) is 0 Å². The number of rotatable bonds is 6. The molecule has 0 atom stereocenters. The quantitative estimate of drug-likeness (QED) is 0.417. The second kappa shape index (κ2) is 10.0. The molecule has 3 fully saturated rings. The van der Waals surface area contributed by atoms with Gasteiger partial charge >= 0.3 is 0 Å². The van der Waals surface area contributed by atoms with Gasteiger partial charge in [-0.3, -0.25) is 0 Å². The van der Waals surface area contributed by atoms with Crippen LogP contribution in [0, 0.1) is 35.5 Å². The Hall–Kier alpha value is -0.660. The van der Waals surface area contributed by atoms with Crippen molar-refractivity contribution in [3.05, 3.63) is 24.8 Å². The summed E-state index contributed by atoms with van der Waals surface area (Å²) in [6.45, 7) is 3.98. The summed E-state index contributed by atoms with van der Waals surface area (Å²) in [4.78, 5) is 0. The van der Waals surface area contributed by atoms with E-state index in [1.54, 1.807) is 0 Å². The van der Waals surface area contributed by atoms with E-state index in [-0.39, 0.29) is 0 Å². The molecule has 0 heterocycles. The Bertz CT molecular complexity index is 441. The molecule has 0 N–H and O–H groups in total. The maximum absolute atomic E-state index is 12.2. The summed E-state index contributed by atoms with van der Waals surface area (Å²) in [6.07, 6.45) is 20.0. The molecule has 0 spiro atoms. The van der Waals surface area contributed by atoms with Crippen LogP contribution in [-0.4, -0.2) is 0 Å². The lowest BCUT2D eigenvalue weighted by Crippen LogP contribution is -2.29. The molecule has 0 unspecified atom stereocenters. The van der Waals surface area contributed by atoms with Crippen LogP contribution in [0.4, 0.5) is 8.78 Å². The Labute approximate surface area is 159 Å². The van der Waals surface area contributed by atoms with Gasteiger partial charge in [-0.05, 0) is 119 Å². The fourth-order valence-corrected chi connectivity index (χ4v) is 6.32. The van der Waals surface area contributed by atoms with Crippen molar-refractivity contribution in [3.8, 4) is 0 Å². The highest BCUT2D eigenvalue weighted by atomic mass is 19.3. The summed E-state index contributed by atoms with van der Waals surface area (Å²) in [6, 6.07) is 0. The van der Waals surface area contributed by atoms with E-state index in [0.29, 0.717) is 12.3 Å². The summed E-state index contributed by atoms with van der Waals surface area (Å²) >= 11 is 0. The molecule has 3 saturated carbocycles. The molecule has 0 aromatic rings. The molecule has 0 aromatic carbocycles. The average molecular weight is 365 g/mol. The van der Waals surface area contributed by atoms with Crippen LogP contribution in [0.3, 0.4) is 0 Å². The summed E-state index contributed by atoms with van der Waals surface area (Å²) in [7, 11) is 0. The second-order valence-corrected chi connectivity index (χ2v) is 9.44. The minimum Gasteiger partial charge on any atom is -0.174 e. The van der Waals surface area contributed by atoms with E-state index in [1.807, 2.05) is 0 Å². The lowest BCUT2D eigenvalue weighted by molar-refractivity contribution is 0.107. The molecule has 26 heavy (non-hydrogen) atoms. The van der Waals surface area contributed by atoms with Crippen molar-refractivity contribution in [2.24, 2.45) is 35.5 Å². The van der Waals surface area contributed by atoms with Gasteiger partial charge in [-0.15, -0.1) is 6.58 Å². The minimum absolute atomic E-state index is 0.566. The first-order chi connectivity index (χ1) is 12.7. The third-order valence-electron chi connectivity index (χ3n) is 8.06. The molecule has 0 saturated heterocycles. The highest BCUT2D eigenvalue weighted by molar-refractivity contribution is 4.89. The summed E-state index contributed by atoms with van der Waals surface area (Å²) in [5.41, 5.74) is 0. The SMILES string of the molecule is C=C[C@H]1CC[C@H](C2CCC([C@H]3CC[C@H](CCC=C(F)F)CC3)CC2)CC1. The van der Waals surface area contributed by atoms with Crippen molar-refractivity contribution in [3.63, 3.8) is 0 Å². The topological polar surface area (TPSA) is 0 Å². The Kier molecular flexibility index (Phi) is 7.76. The number of hydrogen-bond acceptors (Lipinski definition) is 0. The van der Waals surface area contributed by atoms with Gasteiger partial charge in [-0.25, -0.2) is 0 Å². The average Bonchev–Trinajstić information content (AvgIpc) is 2.68. The molecule has 0 amide bonds. The van der Waals surface area contributed by atoms with Crippen molar-refractivity contribution in [2.75, 3.05) is 0 Å². The van der Waals surface area contributed by atoms with Crippen LogP contribution >= 0.6 is 0 Å². The predicted molar refractivity (Wildman–Crippen MR) is 106 cm³/mol. The summed E-state index contributed by atoms with van der Waals surface area (Å²) < 4.78 is 24.3. The van der Waals surface area contributed by atoms with E-state index in [2.05, 4.69) is 12.7 Å². The zero-order valence-corrected chi connectivity index (χ0v) is 16.5. The van der Waals surface area contributed by atoms with E-state index in [4.69, 9.17) is 0 Å². The third-order valence-corrected chi connectivity index (χ3v) is 8.06. The molecule has 3 rings (SSSR count). The first kappa shape index (κ1) is 20.1. The van der Waals surface area contributed by atoms with Crippen LogP contribution in [0.25, 0.3) is 0 Å². The number of halogens is 2. The third kappa shape index (κ3) is 5.67. The molecule has 3 aliphatic rings. The van der Waals surface area contributed by atoms with Gasteiger partial charge in [-0.2, -0.15) is 8.78 Å². The highest BCUT2D eigenvalue weighted by Crippen LogP contribution is 2.46. The molecule has 0 bridgehead atoms. The van der Waals surface area contributed by atoms with Gasteiger partial charge in [-0.1, -0.05) is 18.9 Å². The Morgan fingerprint density at radius 1 is 0.692 bits per heavy atom. The van der Waals surface area contributed by atoms with Crippen LogP contribution < -0.4 is 0 Å². The van der Waals surface area contributed by atoms with Crippen LogP contribution in [0.5, 0.6) is 0 Å². The molecule has 0 nitrogen and oxygen atoms in total. The zero-order valence-electron chi connectivity index (χ0n) is 16.5. The maximum atomic E-state index is 12.2. The van der Waals surface area contributed by atoms with E-state index in [0.717, 1.165) is 42.1 Å². The van der Waals surface area contributed by atoms with E-state index in [1.165, 1.54) is 77.0 Å². The molecule has 148 valence electrons. The van der Waals surface area contributed by atoms with Crippen LogP contribution in [-0.2, 0) is 0 Å². The first-order valence-corrected chi connectivity index (χ1v) is 11.3. The van der Waals surface area contributed by atoms with Crippen LogP contribution in [0.15, 0.2) is 24.8 Å². The van der Waals surface area contributed by atoms with Gasteiger partial charge in [0.15, 0.2) is 0 Å². The standard InChI is InChI=1S/C24H38F2/c1-2-18-6-10-20(11-7-18)22-14-16-23(17-15-22)21-12-8-19(9-13-21)4-3-5-24(25)26/h2,5,18-23H,1,3-4,6-17H2/t18-,19-,20-,21-,22?,23?. The van der Waals surface area contributed by atoms with Crippen molar-refractivity contribution in [1.29, 1.82) is 0 Å².